The van der Waals surface area contributed by atoms with E-state index >= 15 is 0 Å². The van der Waals surface area contributed by atoms with Crippen LogP contribution in [-0.2, 0) is 6.42 Å². The van der Waals surface area contributed by atoms with E-state index in [2.05, 4.69) is 0 Å². The maximum Gasteiger partial charge on any atom is 0.257 e. The molecule has 1 amide bonds. The Morgan fingerprint density at radius 1 is 1.64 bits per heavy atom. The molecular formula is C10H15NO3. The zero-order valence-electron chi connectivity index (χ0n) is 8.49. The van der Waals surface area contributed by atoms with Crippen molar-refractivity contribution in [3.63, 3.8) is 0 Å². The number of amides is 1. The van der Waals surface area contributed by atoms with Gasteiger partial charge < -0.3 is 14.4 Å². The number of nitrogens with zero attached hydrogens (tertiary/aromatic N) is 1. The van der Waals surface area contributed by atoms with Crippen LogP contribution in [0.25, 0.3) is 0 Å². The molecule has 0 atom stereocenters. The van der Waals surface area contributed by atoms with Crippen molar-refractivity contribution < 1.29 is 14.3 Å². The van der Waals surface area contributed by atoms with Crippen molar-refractivity contribution in [1.29, 1.82) is 0 Å². The van der Waals surface area contributed by atoms with Gasteiger partial charge in [0.2, 0.25) is 0 Å². The Hall–Kier alpha value is -1.29. The summed E-state index contributed by atoms with van der Waals surface area (Å²) in [6.45, 7) is 2.25. The van der Waals surface area contributed by atoms with Crippen molar-refractivity contribution in [2.45, 2.75) is 13.3 Å². The fourth-order valence-electron chi connectivity index (χ4n) is 1.26. The first-order valence-corrected chi connectivity index (χ1v) is 4.63. The SMILES string of the molecule is CCc1occc1C(=O)N(C)CCO. The van der Waals surface area contributed by atoms with Gasteiger partial charge in [0.15, 0.2) is 0 Å². The first-order chi connectivity index (χ1) is 6.70. The van der Waals surface area contributed by atoms with Gasteiger partial charge >= 0.3 is 0 Å². The Balaban J connectivity index is 2.78. The highest BCUT2D eigenvalue weighted by atomic mass is 16.3. The molecule has 0 aliphatic heterocycles. The van der Waals surface area contributed by atoms with E-state index in [4.69, 9.17) is 9.52 Å². The maximum absolute atomic E-state index is 11.7. The number of hydrogen-bond acceptors (Lipinski definition) is 3. The molecule has 1 N–H and O–H groups in total. The van der Waals surface area contributed by atoms with Crippen molar-refractivity contribution >= 4 is 5.91 Å². The lowest BCUT2D eigenvalue weighted by molar-refractivity contribution is 0.0764. The molecule has 0 saturated carbocycles. The molecule has 0 aromatic carbocycles. The van der Waals surface area contributed by atoms with E-state index in [1.807, 2.05) is 6.92 Å². The van der Waals surface area contributed by atoms with Crippen LogP contribution in [0, 0.1) is 0 Å². The molecule has 0 bridgehead atoms. The predicted octanol–water partition coefficient (Wildman–Crippen LogP) is 0.906. The van der Waals surface area contributed by atoms with E-state index in [9.17, 15) is 4.79 Å². The molecule has 14 heavy (non-hydrogen) atoms. The quantitative estimate of drug-likeness (QED) is 0.780. The number of hydrogen-bond donors (Lipinski definition) is 1. The summed E-state index contributed by atoms with van der Waals surface area (Å²) < 4.78 is 5.15. The molecule has 0 unspecified atom stereocenters. The lowest BCUT2D eigenvalue weighted by atomic mass is 10.2. The molecule has 1 rings (SSSR count). The molecule has 0 saturated heterocycles. The van der Waals surface area contributed by atoms with E-state index in [1.54, 1.807) is 13.1 Å². The van der Waals surface area contributed by atoms with Gasteiger partial charge in [-0.1, -0.05) is 6.92 Å². The number of aliphatic hydroxyl groups is 1. The lowest BCUT2D eigenvalue weighted by Crippen LogP contribution is -2.29. The molecule has 1 aromatic rings. The van der Waals surface area contributed by atoms with Gasteiger partial charge in [0.05, 0.1) is 18.4 Å². The standard InChI is InChI=1S/C10H15NO3/c1-3-9-8(4-7-14-9)10(13)11(2)5-6-12/h4,7,12H,3,5-6H2,1-2H3. The minimum Gasteiger partial charge on any atom is -0.469 e. The van der Waals surface area contributed by atoms with Gasteiger partial charge in [0.1, 0.15) is 5.76 Å². The Bertz CT molecular complexity index is 306. The van der Waals surface area contributed by atoms with Crippen molar-refractivity contribution in [3.8, 4) is 0 Å². The number of carbonyl (C=O) groups excluding carboxylic acids is 1. The van der Waals surface area contributed by atoms with Crippen LogP contribution in [0.3, 0.4) is 0 Å². The first kappa shape index (κ1) is 10.8. The van der Waals surface area contributed by atoms with Crippen LogP contribution in [0.5, 0.6) is 0 Å². The smallest absolute Gasteiger partial charge is 0.257 e. The molecule has 0 aliphatic carbocycles. The van der Waals surface area contributed by atoms with Crippen LogP contribution in [-0.4, -0.2) is 36.1 Å². The topological polar surface area (TPSA) is 53.7 Å². The monoisotopic (exact) mass is 197 g/mol. The van der Waals surface area contributed by atoms with Crippen LogP contribution in [0.2, 0.25) is 0 Å². The summed E-state index contributed by atoms with van der Waals surface area (Å²) in [7, 11) is 1.66. The summed E-state index contributed by atoms with van der Waals surface area (Å²) >= 11 is 0. The highest BCUT2D eigenvalue weighted by molar-refractivity contribution is 5.95. The zero-order valence-corrected chi connectivity index (χ0v) is 8.49. The Morgan fingerprint density at radius 3 is 2.93 bits per heavy atom. The second-order valence-corrected chi connectivity index (χ2v) is 3.06. The van der Waals surface area contributed by atoms with E-state index < -0.39 is 0 Å². The number of likely N-dealkylation sites (N-methyl/N-ethyl adjacent to an activating group) is 1. The third-order valence-electron chi connectivity index (χ3n) is 2.08. The lowest BCUT2D eigenvalue weighted by Gasteiger charge is -2.14. The summed E-state index contributed by atoms with van der Waals surface area (Å²) in [6, 6.07) is 1.66. The second kappa shape index (κ2) is 4.81. The Labute approximate surface area is 83.1 Å². The number of aryl methyl sites for hydroxylation is 1. The minimum absolute atomic E-state index is 0.0262. The van der Waals surface area contributed by atoms with Crippen LogP contribution in [0.4, 0.5) is 0 Å². The summed E-state index contributed by atoms with van der Waals surface area (Å²) in [6.07, 6.45) is 2.21. The van der Waals surface area contributed by atoms with Gasteiger partial charge in [-0.25, -0.2) is 0 Å². The number of furan rings is 1. The summed E-state index contributed by atoms with van der Waals surface area (Å²) in [4.78, 5) is 13.2. The molecule has 0 spiro atoms. The number of carbonyl (C=O) groups is 1. The minimum atomic E-state index is -0.107. The third-order valence-corrected chi connectivity index (χ3v) is 2.08. The van der Waals surface area contributed by atoms with Gasteiger partial charge in [-0.05, 0) is 6.07 Å². The normalized spacial score (nSPS) is 10.2. The maximum atomic E-state index is 11.7. The highest BCUT2D eigenvalue weighted by Gasteiger charge is 2.16. The largest absolute Gasteiger partial charge is 0.469 e. The predicted molar refractivity (Wildman–Crippen MR) is 52.1 cm³/mol. The third kappa shape index (κ3) is 2.14. The molecule has 0 aliphatic rings. The van der Waals surface area contributed by atoms with E-state index in [0.717, 1.165) is 0 Å². The van der Waals surface area contributed by atoms with Crippen LogP contribution in [0.1, 0.15) is 23.0 Å². The average molecular weight is 197 g/mol. The fraction of sp³-hybridized carbons (Fsp3) is 0.500. The van der Waals surface area contributed by atoms with Crippen LogP contribution < -0.4 is 0 Å². The summed E-state index contributed by atoms with van der Waals surface area (Å²) in [5, 5.41) is 8.69. The zero-order chi connectivity index (χ0) is 10.6. The molecular weight excluding hydrogens is 182 g/mol. The number of rotatable bonds is 4. The summed E-state index contributed by atoms with van der Waals surface area (Å²) in [5.41, 5.74) is 0.587. The molecule has 0 fully saturated rings. The molecule has 78 valence electrons. The molecule has 1 heterocycles. The van der Waals surface area contributed by atoms with Crippen molar-refractivity contribution in [1.82, 2.24) is 4.90 Å². The molecule has 4 heteroatoms. The van der Waals surface area contributed by atoms with Gasteiger partial charge in [0, 0.05) is 20.0 Å². The van der Waals surface area contributed by atoms with E-state index in [0.29, 0.717) is 24.3 Å². The number of aliphatic hydroxyl groups excluding tert-OH is 1. The van der Waals surface area contributed by atoms with Gasteiger partial charge in [0.25, 0.3) is 5.91 Å². The average Bonchev–Trinajstić information content (AvgIpc) is 2.64. The van der Waals surface area contributed by atoms with Crippen LogP contribution in [0.15, 0.2) is 16.7 Å². The van der Waals surface area contributed by atoms with Gasteiger partial charge in [-0.2, -0.15) is 0 Å². The molecule has 0 radical (unpaired) electrons. The molecule has 1 aromatic heterocycles. The Morgan fingerprint density at radius 2 is 2.36 bits per heavy atom. The van der Waals surface area contributed by atoms with Crippen molar-refractivity contribution in [2.24, 2.45) is 0 Å². The molecule has 4 nitrogen and oxygen atoms in total. The van der Waals surface area contributed by atoms with Gasteiger partial charge in [-0.15, -0.1) is 0 Å². The van der Waals surface area contributed by atoms with Crippen molar-refractivity contribution in [3.05, 3.63) is 23.7 Å². The van der Waals surface area contributed by atoms with E-state index in [1.165, 1.54) is 11.2 Å². The van der Waals surface area contributed by atoms with Crippen LogP contribution >= 0.6 is 0 Å². The van der Waals surface area contributed by atoms with E-state index in [-0.39, 0.29) is 12.5 Å². The van der Waals surface area contributed by atoms with Gasteiger partial charge in [-0.3, -0.25) is 4.79 Å². The Kier molecular flexibility index (Phi) is 3.71. The fourth-order valence-corrected chi connectivity index (χ4v) is 1.26. The summed E-state index contributed by atoms with van der Waals surface area (Å²) in [5.74, 6) is 0.587. The highest BCUT2D eigenvalue weighted by Crippen LogP contribution is 2.12. The second-order valence-electron chi connectivity index (χ2n) is 3.06. The van der Waals surface area contributed by atoms with Crippen molar-refractivity contribution in [2.75, 3.05) is 20.2 Å². The first-order valence-electron chi connectivity index (χ1n) is 4.63.